The summed E-state index contributed by atoms with van der Waals surface area (Å²) in [6.07, 6.45) is 0. The maximum Gasteiger partial charge on any atom is 0.267 e. The molecular weight excluding hydrogens is 238 g/mol. The van der Waals surface area contributed by atoms with Gasteiger partial charge in [-0.1, -0.05) is 12.1 Å². The highest BCUT2D eigenvalue weighted by molar-refractivity contribution is 5.98. The van der Waals surface area contributed by atoms with Gasteiger partial charge in [0.05, 0.1) is 0 Å². The molecule has 1 N–H and O–H groups in total. The van der Waals surface area contributed by atoms with Crippen LogP contribution >= 0.6 is 0 Å². The van der Waals surface area contributed by atoms with Crippen LogP contribution in [0.4, 0.5) is 0 Å². The van der Waals surface area contributed by atoms with E-state index in [9.17, 15) is 4.79 Å². The Morgan fingerprint density at radius 2 is 2.05 bits per heavy atom. The Morgan fingerprint density at radius 1 is 1.32 bits per heavy atom. The normalized spacial score (nSPS) is 11.2. The zero-order valence-corrected chi connectivity index (χ0v) is 12.0. The molecule has 2 aromatic rings. The first-order chi connectivity index (χ1) is 8.99. The van der Waals surface area contributed by atoms with Crippen LogP contribution in [-0.2, 0) is 7.05 Å². The average molecular weight is 259 g/mol. The molecule has 0 radical (unpaired) electrons. The molecule has 0 saturated carbocycles. The largest absolute Gasteiger partial charge is 0.349 e. The van der Waals surface area contributed by atoms with E-state index >= 15 is 0 Å². The van der Waals surface area contributed by atoms with E-state index in [1.54, 1.807) is 0 Å². The predicted molar refractivity (Wildman–Crippen MR) is 78.5 cm³/mol. The Morgan fingerprint density at radius 3 is 2.74 bits per heavy atom. The van der Waals surface area contributed by atoms with Crippen LogP contribution in [0, 0.1) is 6.92 Å². The molecule has 4 nitrogen and oxygen atoms in total. The van der Waals surface area contributed by atoms with Crippen molar-refractivity contribution in [3.8, 4) is 0 Å². The summed E-state index contributed by atoms with van der Waals surface area (Å²) in [5.41, 5.74) is 3.00. The first kappa shape index (κ1) is 13.6. The Kier molecular flexibility index (Phi) is 3.90. The summed E-state index contributed by atoms with van der Waals surface area (Å²) in [4.78, 5) is 14.2. The van der Waals surface area contributed by atoms with Crippen LogP contribution < -0.4 is 5.32 Å². The number of carbonyl (C=O) groups excluding carboxylic acids is 1. The minimum absolute atomic E-state index is 0.0156. The Hall–Kier alpha value is -1.81. The second kappa shape index (κ2) is 5.45. The monoisotopic (exact) mass is 259 g/mol. The summed E-state index contributed by atoms with van der Waals surface area (Å²) in [5.74, 6) is -0.0156. The molecule has 102 valence electrons. The number of nitrogens with one attached hydrogen (secondary N) is 1. The fraction of sp³-hybridized carbons (Fsp3) is 0.400. The van der Waals surface area contributed by atoms with Crippen molar-refractivity contribution in [2.45, 2.75) is 6.92 Å². The van der Waals surface area contributed by atoms with Gasteiger partial charge in [0.15, 0.2) is 0 Å². The van der Waals surface area contributed by atoms with E-state index in [0.717, 1.165) is 17.4 Å². The highest BCUT2D eigenvalue weighted by Crippen LogP contribution is 2.19. The highest BCUT2D eigenvalue weighted by Gasteiger charge is 2.12. The lowest BCUT2D eigenvalue weighted by atomic mass is 10.2. The molecule has 0 aliphatic heterocycles. The number of hydrogen-bond acceptors (Lipinski definition) is 2. The van der Waals surface area contributed by atoms with Crippen LogP contribution in [0.15, 0.2) is 24.3 Å². The van der Waals surface area contributed by atoms with Gasteiger partial charge >= 0.3 is 0 Å². The van der Waals surface area contributed by atoms with Crippen molar-refractivity contribution in [2.75, 3.05) is 27.2 Å². The van der Waals surface area contributed by atoms with Gasteiger partial charge < -0.3 is 14.8 Å². The zero-order valence-electron chi connectivity index (χ0n) is 12.0. The molecule has 0 aliphatic rings. The molecule has 0 spiro atoms. The van der Waals surface area contributed by atoms with E-state index < -0.39 is 0 Å². The van der Waals surface area contributed by atoms with Gasteiger partial charge in [0.25, 0.3) is 5.91 Å². The highest BCUT2D eigenvalue weighted by atomic mass is 16.1. The van der Waals surface area contributed by atoms with Gasteiger partial charge in [-0.05, 0) is 38.7 Å². The van der Waals surface area contributed by atoms with Crippen LogP contribution in [0.1, 0.15) is 16.1 Å². The number of carbonyl (C=O) groups is 1. The SMILES string of the molecule is Cc1ccc2cc(C(=O)NCCN(C)C)n(C)c2c1. The van der Waals surface area contributed by atoms with Crippen LogP contribution in [0.25, 0.3) is 10.9 Å². The molecule has 4 heteroatoms. The van der Waals surface area contributed by atoms with Gasteiger partial charge in [0, 0.05) is 31.0 Å². The number of fused-ring (bicyclic) bond motifs is 1. The maximum atomic E-state index is 12.2. The van der Waals surface area contributed by atoms with E-state index in [0.29, 0.717) is 12.2 Å². The molecule has 1 aromatic carbocycles. The summed E-state index contributed by atoms with van der Waals surface area (Å²) in [6, 6.07) is 8.17. The van der Waals surface area contributed by atoms with Gasteiger partial charge in [-0.15, -0.1) is 0 Å². The van der Waals surface area contributed by atoms with Crippen molar-refractivity contribution < 1.29 is 4.79 Å². The van der Waals surface area contributed by atoms with Crippen LogP contribution in [-0.4, -0.2) is 42.6 Å². The first-order valence-corrected chi connectivity index (χ1v) is 6.48. The molecule has 1 amide bonds. The summed E-state index contributed by atoms with van der Waals surface area (Å²) in [7, 11) is 5.92. The molecule has 1 heterocycles. The molecule has 0 saturated heterocycles. The van der Waals surface area contributed by atoms with Crippen molar-refractivity contribution in [3.63, 3.8) is 0 Å². The molecule has 0 aliphatic carbocycles. The number of benzene rings is 1. The topological polar surface area (TPSA) is 37.3 Å². The number of amides is 1. The zero-order chi connectivity index (χ0) is 14.0. The predicted octanol–water partition coefficient (Wildman–Crippen LogP) is 1.78. The van der Waals surface area contributed by atoms with Gasteiger partial charge in [-0.2, -0.15) is 0 Å². The molecule has 0 atom stereocenters. The van der Waals surface area contributed by atoms with E-state index in [1.807, 2.05) is 36.7 Å². The maximum absolute atomic E-state index is 12.2. The van der Waals surface area contributed by atoms with E-state index in [4.69, 9.17) is 0 Å². The number of aromatic nitrogens is 1. The fourth-order valence-corrected chi connectivity index (χ4v) is 2.14. The standard InChI is InChI=1S/C15H21N3O/c1-11-5-6-12-10-14(18(4)13(12)9-11)15(19)16-7-8-17(2)3/h5-6,9-10H,7-8H2,1-4H3,(H,16,19). The summed E-state index contributed by atoms with van der Waals surface area (Å²) in [5, 5.41) is 4.05. The summed E-state index contributed by atoms with van der Waals surface area (Å²) in [6.45, 7) is 3.56. The third-order valence-electron chi connectivity index (χ3n) is 3.28. The van der Waals surface area contributed by atoms with Crippen molar-refractivity contribution in [1.29, 1.82) is 0 Å². The third kappa shape index (κ3) is 2.96. The van der Waals surface area contributed by atoms with Crippen LogP contribution in [0.5, 0.6) is 0 Å². The first-order valence-electron chi connectivity index (χ1n) is 6.48. The molecule has 0 fully saturated rings. The number of rotatable bonds is 4. The Balaban J connectivity index is 2.20. The number of aryl methyl sites for hydroxylation is 2. The molecule has 0 unspecified atom stereocenters. The summed E-state index contributed by atoms with van der Waals surface area (Å²) < 4.78 is 1.95. The third-order valence-corrected chi connectivity index (χ3v) is 3.28. The molecule has 2 rings (SSSR count). The second-order valence-corrected chi connectivity index (χ2v) is 5.21. The van der Waals surface area contributed by atoms with Crippen molar-refractivity contribution in [2.24, 2.45) is 7.05 Å². The Labute approximate surface area is 114 Å². The molecule has 1 aromatic heterocycles. The second-order valence-electron chi connectivity index (χ2n) is 5.21. The van der Waals surface area contributed by atoms with E-state index in [-0.39, 0.29) is 5.91 Å². The summed E-state index contributed by atoms with van der Waals surface area (Å²) >= 11 is 0. The van der Waals surface area contributed by atoms with Crippen molar-refractivity contribution >= 4 is 16.8 Å². The lowest BCUT2D eigenvalue weighted by Crippen LogP contribution is -2.32. The smallest absolute Gasteiger partial charge is 0.267 e. The van der Waals surface area contributed by atoms with E-state index in [2.05, 4.69) is 30.4 Å². The minimum atomic E-state index is -0.0156. The van der Waals surface area contributed by atoms with Gasteiger partial charge in [-0.3, -0.25) is 4.79 Å². The number of nitrogens with zero attached hydrogens (tertiary/aromatic N) is 2. The van der Waals surface area contributed by atoms with Crippen LogP contribution in [0.3, 0.4) is 0 Å². The minimum Gasteiger partial charge on any atom is -0.349 e. The molecule has 19 heavy (non-hydrogen) atoms. The quantitative estimate of drug-likeness (QED) is 0.908. The van der Waals surface area contributed by atoms with E-state index in [1.165, 1.54) is 5.56 Å². The van der Waals surface area contributed by atoms with Gasteiger partial charge in [-0.25, -0.2) is 0 Å². The number of likely N-dealkylation sites (N-methyl/N-ethyl adjacent to an activating group) is 1. The molecule has 0 bridgehead atoms. The number of hydrogen-bond donors (Lipinski definition) is 1. The van der Waals surface area contributed by atoms with Crippen molar-refractivity contribution in [1.82, 2.24) is 14.8 Å². The lowest BCUT2D eigenvalue weighted by molar-refractivity contribution is 0.0943. The molecular formula is C15H21N3O. The van der Waals surface area contributed by atoms with Crippen molar-refractivity contribution in [3.05, 3.63) is 35.5 Å². The fourth-order valence-electron chi connectivity index (χ4n) is 2.14. The Bertz CT molecular complexity index is 599. The van der Waals surface area contributed by atoms with Gasteiger partial charge in [0.1, 0.15) is 5.69 Å². The lowest BCUT2D eigenvalue weighted by Gasteiger charge is -2.10. The van der Waals surface area contributed by atoms with Crippen LogP contribution in [0.2, 0.25) is 0 Å². The average Bonchev–Trinajstić information content (AvgIpc) is 2.66. The van der Waals surface area contributed by atoms with Gasteiger partial charge in [0.2, 0.25) is 0 Å².